The zero-order valence-corrected chi connectivity index (χ0v) is 9.13. The molecule has 2 rings (SSSR count). The highest BCUT2D eigenvalue weighted by atomic mass is 32.2. The van der Waals surface area contributed by atoms with Crippen LogP contribution in [0, 0.1) is 0 Å². The molecule has 0 bridgehead atoms. The Kier molecular flexibility index (Phi) is 2.56. The van der Waals surface area contributed by atoms with Crippen LogP contribution < -0.4 is 5.56 Å². The first-order valence-corrected chi connectivity index (χ1v) is 5.79. The van der Waals surface area contributed by atoms with E-state index in [-0.39, 0.29) is 5.56 Å². The standard InChI is InChI=1S/C10H11NO3S/c1-11-8-2-3-15-5-6(8)4-7(9(11)12)10(13)14/h4H,2-3,5H2,1H3,(H,13,14). The molecule has 4 nitrogen and oxygen atoms in total. The number of nitrogens with zero attached hydrogens (tertiary/aromatic N) is 1. The second-order valence-electron chi connectivity index (χ2n) is 3.50. The van der Waals surface area contributed by atoms with Gasteiger partial charge in [-0.15, -0.1) is 0 Å². The number of rotatable bonds is 1. The molecule has 1 aliphatic heterocycles. The SMILES string of the molecule is Cn1c2c(cc(C(=O)O)c1=O)CSCC2. The van der Waals surface area contributed by atoms with E-state index >= 15 is 0 Å². The van der Waals surface area contributed by atoms with Gasteiger partial charge in [0, 0.05) is 18.5 Å². The molecule has 2 heterocycles. The number of aromatic carboxylic acids is 1. The van der Waals surface area contributed by atoms with Crippen molar-refractivity contribution in [2.75, 3.05) is 5.75 Å². The van der Waals surface area contributed by atoms with Gasteiger partial charge in [0.25, 0.3) is 5.56 Å². The maximum absolute atomic E-state index is 11.7. The van der Waals surface area contributed by atoms with Crippen molar-refractivity contribution in [2.24, 2.45) is 7.05 Å². The van der Waals surface area contributed by atoms with Gasteiger partial charge in [-0.25, -0.2) is 4.79 Å². The van der Waals surface area contributed by atoms with Gasteiger partial charge in [-0.2, -0.15) is 11.8 Å². The first kappa shape index (κ1) is 10.3. The summed E-state index contributed by atoms with van der Waals surface area (Å²) in [6.07, 6.45) is 0.839. The molecular formula is C10H11NO3S. The molecule has 0 unspecified atom stereocenters. The Bertz CT molecular complexity index is 478. The van der Waals surface area contributed by atoms with Crippen molar-refractivity contribution in [3.05, 3.63) is 33.2 Å². The fourth-order valence-electron chi connectivity index (χ4n) is 1.80. The highest BCUT2D eigenvalue weighted by molar-refractivity contribution is 7.98. The van der Waals surface area contributed by atoms with Crippen LogP contribution >= 0.6 is 11.8 Å². The second-order valence-corrected chi connectivity index (χ2v) is 4.61. The number of hydrogen-bond donors (Lipinski definition) is 1. The molecule has 1 N–H and O–H groups in total. The zero-order chi connectivity index (χ0) is 11.0. The molecule has 0 saturated carbocycles. The molecule has 0 radical (unpaired) electrons. The molecule has 0 saturated heterocycles. The summed E-state index contributed by atoms with van der Waals surface area (Å²) in [5.74, 6) is 0.644. The molecule has 1 aromatic rings. The fraction of sp³-hybridized carbons (Fsp3) is 0.400. The second kappa shape index (κ2) is 3.73. The molecule has 0 aromatic carbocycles. The lowest BCUT2D eigenvalue weighted by atomic mass is 10.1. The number of carboxylic acids is 1. The monoisotopic (exact) mass is 225 g/mol. The molecule has 1 aliphatic rings. The minimum Gasteiger partial charge on any atom is -0.477 e. The van der Waals surface area contributed by atoms with Gasteiger partial charge >= 0.3 is 5.97 Å². The van der Waals surface area contributed by atoms with Crippen LogP contribution in [-0.4, -0.2) is 21.4 Å². The summed E-state index contributed by atoms with van der Waals surface area (Å²) in [4.78, 5) is 22.5. The Morgan fingerprint density at radius 1 is 1.60 bits per heavy atom. The molecule has 0 atom stereocenters. The largest absolute Gasteiger partial charge is 0.477 e. The molecule has 15 heavy (non-hydrogen) atoms. The van der Waals surface area contributed by atoms with Gasteiger partial charge in [0.15, 0.2) is 0 Å². The molecule has 80 valence electrons. The van der Waals surface area contributed by atoms with Crippen molar-refractivity contribution in [2.45, 2.75) is 12.2 Å². The van der Waals surface area contributed by atoms with Crippen LogP contribution in [0.3, 0.4) is 0 Å². The minimum absolute atomic E-state index is 0.126. The third kappa shape index (κ3) is 1.67. The van der Waals surface area contributed by atoms with E-state index in [9.17, 15) is 9.59 Å². The molecule has 5 heteroatoms. The van der Waals surface area contributed by atoms with E-state index < -0.39 is 11.5 Å². The van der Waals surface area contributed by atoms with E-state index in [0.717, 1.165) is 29.2 Å². The van der Waals surface area contributed by atoms with Crippen molar-refractivity contribution < 1.29 is 9.90 Å². The number of aromatic nitrogens is 1. The third-order valence-corrected chi connectivity index (χ3v) is 3.61. The molecule has 0 fully saturated rings. The summed E-state index contributed by atoms with van der Waals surface area (Å²) >= 11 is 1.76. The fourth-order valence-corrected chi connectivity index (χ4v) is 2.75. The van der Waals surface area contributed by atoms with Gasteiger partial charge < -0.3 is 9.67 Å². The molecule has 0 spiro atoms. The number of pyridine rings is 1. The number of thioether (sulfide) groups is 1. The highest BCUT2D eigenvalue weighted by Gasteiger charge is 2.18. The van der Waals surface area contributed by atoms with Gasteiger partial charge in [-0.1, -0.05) is 0 Å². The van der Waals surface area contributed by atoms with E-state index in [1.807, 2.05) is 0 Å². The lowest BCUT2D eigenvalue weighted by molar-refractivity contribution is 0.0694. The van der Waals surface area contributed by atoms with Crippen molar-refractivity contribution in [3.8, 4) is 0 Å². The van der Waals surface area contributed by atoms with Crippen LogP contribution in [0.2, 0.25) is 0 Å². The first-order chi connectivity index (χ1) is 7.11. The van der Waals surface area contributed by atoms with E-state index in [1.165, 1.54) is 10.6 Å². The quantitative estimate of drug-likeness (QED) is 0.770. The topological polar surface area (TPSA) is 59.3 Å². The zero-order valence-electron chi connectivity index (χ0n) is 8.32. The first-order valence-electron chi connectivity index (χ1n) is 4.64. The third-order valence-electron chi connectivity index (χ3n) is 2.60. The summed E-state index contributed by atoms with van der Waals surface area (Å²) in [6.45, 7) is 0. The minimum atomic E-state index is -1.14. The van der Waals surface area contributed by atoms with E-state index in [2.05, 4.69) is 0 Å². The highest BCUT2D eigenvalue weighted by Crippen LogP contribution is 2.23. The summed E-state index contributed by atoms with van der Waals surface area (Å²) in [6, 6.07) is 1.52. The lowest BCUT2D eigenvalue weighted by Crippen LogP contribution is -2.29. The number of carbonyl (C=O) groups is 1. The van der Waals surface area contributed by atoms with E-state index in [1.54, 1.807) is 18.8 Å². The Morgan fingerprint density at radius 2 is 2.33 bits per heavy atom. The number of fused-ring (bicyclic) bond motifs is 1. The maximum Gasteiger partial charge on any atom is 0.341 e. The van der Waals surface area contributed by atoms with Crippen LogP contribution in [0.1, 0.15) is 21.6 Å². The van der Waals surface area contributed by atoms with Crippen LogP contribution in [0.25, 0.3) is 0 Å². The van der Waals surface area contributed by atoms with Crippen LogP contribution in [0.5, 0.6) is 0 Å². The van der Waals surface area contributed by atoms with Crippen molar-refractivity contribution in [1.29, 1.82) is 0 Å². The average molecular weight is 225 g/mol. The van der Waals surface area contributed by atoms with Crippen molar-refractivity contribution in [3.63, 3.8) is 0 Å². The van der Waals surface area contributed by atoms with Gasteiger partial charge in [0.1, 0.15) is 5.56 Å². The summed E-state index contributed by atoms with van der Waals surface area (Å²) in [5.41, 5.74) is 1.42. The smallest absolute Gasteiger partial charge is 0.341 e. The predicted molar refractivity (Wildman–Crippen MR) is 58.5 cm³/mol. The molecular weight excluding hydrogens is 214 g/mol. The van der Waals surface area contributed by atoms with Crippen molar-refractivity contribution in [1.82, 2.24) is 4.57 Å². The Morgan fingerprint density at radius 3 is 3.00 bits per heavy atom. The Balaban J connectivity index is 2.68. The van der Waals surface area contributed by atoms with Crippen molar-refractivity contribution >= 4 is 17.7 Å². The predicted octanol–water partition coefficient (Wildman–Crippen LogP) is 0.873. The van der Waals surface area contributed by atoms with Crippen LogP contribution in [0.15, 0.2) is 10.9 Å². The van der Waals surface area contributed by atoms with Gasteiger partial charge in [-0.3, -0.25) is 4.79 Å². The average Bonchev–Trinajstić information content (AvgIpc) is 2.23. The molecule has 1 aromatic heterocycles. The Labute approximate surface area is 90.9 Å². The summed E-state index contributed by atoms with van der Waals surface area (Å²) < 4.78 is 1.47. The van der Waals surface area contributed by atoms with E-state index in [4.69, 9.17) is 5.11 Å². The molecule has 0 amide bonds. The maximum atomic E-state index is 11.7. The number of hydrogen-bond acceptors (Lipinski definition) is 3. The lowest BCUT2D eigenvalue weighted by Gasteiger charge is -2.18. The van der Waals surface area contributed by atoms with Gasteiger partial charge in [-0.05, 0) is 23.8 Å². The van der Waals surface area contributed by atoms with Crippen LogP contribution in [-0.2, 0) is 19.2 Å². The van der Waals surface area contributed by atoms with Crippen LogP contribution in [0.4, 0.5) is 0 Å². The summed E-state index contributed by atoms with van der Waals surface area (Å²) in [7, 11) is 1.64. The van der Waals surface area contributed by atoms with E-state index in [0.29, 0.717) is 0 Å². The molecule has 0 aliphatic carbocycles. The summed E-state index contributed by atoms with van der Waals surface area (Å²) in [5, 5.41) is 8.87. The van der Waals surface area contributed by atoms with Gasteiger partial charge in [0.05, 0.1) is 0 Å². The number of carboxylic acid groups (broad SMARTS) is 1. The van der Waals surface area contributed by atoms with Gasteiger partial charge in [0.2, 0.25) is 0 Å². The Hall–Kier alpha value is -1.23. The normalized spacial score (nSPS) is 14.7.